The Balaban J connectivity index is 0.00000245. The molecule has 0 amide bonds. The Morgan fingerprint density at radius 2 is 2.03 bits per heavy atom. The van der Waals surface area contributed by atoms with E-state index in [1.54, 1.807) is 48.0 Å². The predicted molar refractivity (Wildman–Crippen MR) is 117 cm³/mol. The highest BCUT2D eigenvalue weighted by molar-refractivity contribution is 7.14. The lowest BCUT2D eigenvalue weighted by Gasteiger charge is -2.38. The van der Waals surface area contributed by atoms with E-state index >= 15 is 0 Å². The Kier molecular flexibility index (Phi) is 5.64. The lowest BCUT2D eigenvalue weighted by atomic mass is 9.77. The first kappa shape index (κ1) is 22.5. The summed E-state index contributed by atoms with van der Waals surface area (Å²) in [6, 6.07) is 10.4. The van der Waals surface area contributed by atoms with Crippen LogP contribution in [-0.2, 0) is 6.42 Å². The van der Waals surface area contributed by atoms with Gasteiger partial charge in [-0.1, -0.05) is 6.07 Å². The number of pyridine rings is 1. The van der Waals surface area contributed by atoms with Crippen molar-refractivity contribution in [3.8, 4) is 17.1 Å². The molecular formula is C21H18ClF3N4O2S. The minimum absolute atomic E-state index is 0. The molecule has 5 rings (SSSR count). The third-order valence-corrected chi connectivity index (χ3v) is 6.47. The molecule has 1 aliphatic carbocycles. The van der Waals surface area contributed by atoms with Gasteiger partial charge in [-0.2, -0.15) is 23.3 Å². The number of ether oxygens (including phenoxy) is 1. The van der Waals surface area contributed by atoms with Gasteiger partial charge >= 0.3 is 6.18 Å². The molecule has 3 aromatic rings. The second-order valence-corrected chi connectivity index (χ2v) is 8.20. The van der Waals surface area contributed by atoms with Crippen molar-refractivity contribution < 1.29 is 23.0 Å². The van der Waals surface area contributed by atoms with E-state index in [-0.39, 0.29) is 29.7 Å². The Hall–Kier alpha value is -2.69. The van der Waals surface area contributed by atoms with Crippen LogP contribution in [0.1, 0.15) is 17.5 Å². The fourth-order valence-electron chi connectivity index (χ4n) is 4.12. The molecule has 2 aromatic heterocycles. The molecule has 0 bridgehead atoms. The van der Waals surface area contributed by atoms with Crippen molar-refractivity contribution in [1.29, 1.82) is 0 Å². The van der Waals surface area contributed by atoms with Crippen LogP contribution in [0.2, 0.25) is 0 Å². The SMILES string of the molecule is COc1ccc2c(c1)CCC1C2=NN(c2nc(-c3ccccn3)cs2)C1(O)C(F)(F)F.Cl. The van der Waals surface area contributed by atoms with Crippen molar-refractivity contribution in [3.63, 3.8) is 0 Å². The van der Waals surface area contributed by atoms with Crippen LogP contribution in [0.15, 0.2) is 53.1 Å². The number of hydrazone groups is 1. The summed E-state index contributed by atoms with van der Waals surface area (Å²) in [6.45, 7) is 0. The molecule has 168 valence electrons. The normalized spacial score (nSPS) is 22.0. The van der Waals surface area contributed by atoms with Crippen molar-refractivity contribution in [2.24, 2.45) is 11.0 Å². The summed E-state index contributed by atoms with van der Waals surface area (Å²) in [7, 11) is 1.53. The standard InChI is InChI=1S/C21H17F3N4O2S.ClH/c1-30-13-6-7-14-12(10-13)5-8-15-18(14)27-28(20(15,29)21(22,23)24)19-26-17(11-31-19)16-4-2-3-9-25-16;/h2-4,6-7,9-11,15,29H,5,8H2,1H3;1H. The van der Waals surface area contributed by atoms with Crippen LogP contribution in [0.5, 0.6) is 5.75 Å². The Bertz CT molecular complexity index is 1170. The van der Waals surface area contributed by atoms with Crippen LogP contribution in [0.4, 0.5) is 18.3 Å². The largest absolute Gasteiger partial charge is 0.497 e. The number of methoxy groups -OCH3 is 1. The number of halogens is 4. The third-order valence-electron chi connectivity index (χ3n) is 5.66. The van der Waals surface area contributed by atoms with Gasteiger partial charge in [0.25, 0.3) is 5.72 Å². The van der Waals surface area contributed by atoms with Gasteiger partial charge in [-0.25, -0.2) is 4.98 Å². The van der Waals surface area contributed by atoms with E-state index in [1.807, 2.05) is 0 Å². The number of hydrogen-bond donors (Lipinski definition) is 1. The molecule has 0 fully saturated rings. The van der Waals surface area contributed by atoms with Crippen molar-refractivity contribution in [2.75, 3.05) is 12.1 Å². The van der Waals surface area contributed by atoms with E-state index in [1.165, 1.54) is 7.11 Å². The topological polar surface area (TPSA) is 70.8 Å². The molecule has 0 saturated carbocycles. The van der Waals surface area contributed by atoms with Gasteiger partial charge in [0.2, 0.25) is 5.13 Å². The maximum absolute atomic E-state index is 14.3. The minimum Gasteiger partial charge on any atom is -0.497 e. The first-order chi connectivity index (χ1) is 14.8. The second kappa shape index (κ2) is 8.02. The fraction of sp³-hybridized carbons (Fsp3) is 0.286. The second-order valence-electron chi connectivity index (χ2n) is 7.37. The molecule has 0 saturated heterocycles. The predicted octanol–water partition coefficient (Wildman–Crippen LogP) is 4.67. The summed E-state index contributed by atoms with van der Waals surface area (Å²) in [5, 5.41) is 17.5. The molecule has 2 unspecified atom stereocenters. The summed E-state index contributed by atoms with van der Waals surface area (Å²) >= 11 is 0.981. The zero-order chi connectivity index (χ0) is 21.8. The number of aliphatic hydroxyl groups is 1. The summed E-state index contributed by atoms with van der Waals surface area (Å²) in [5.74, 6) is -0.603. The fourth-order valence-corrected chi connectivity index (χ4v) is 4.95. The van der Waals surface area contributed by atoms with Crippen molar-refractivity contribution >= 4 is 34.6 Å². The zero-order valence-corrected chi connectivity index (χ0v) is 18.3. The van der Waals surface area contributed by atoms with Crippen LogP contribution in [0.3, 0.4) is 0 Å². The van der Waals surface area contributed by atoms with E-state index in [0.717, 1.165) is 16.9 Å². The molecule has 0 spiro atoms. The number of thiazole rings is 1. The maximum Gasteiger partial charge on any atom is 0.439 e. The molecule has 1 aromatic carbocycles. The number of alkyl halides is 3. The number of hydrogen-bond acceptors (Lipinski definition) is 7. The summed E-state index contributed by atoms with van der Waals surface area (Å²) in [5.41, 5.74) is -0.595. The summed E-state index contributed by atoms with van der Waals surface area (Å²) in [4.78, 5) is 8.49. The van der Waals surface area contributed by atoms with Gasteiger partial charge in [-0.05, 0) is 48.7 Å². The van der Waals surface area contributed by atoms with Gasteiger partial charge in [0.05, 0.1) is 24.4 Å². The number of rotatable bonds is 3. The van der Waals surface area contributed by atoms with Crippen molar-refractivity contribution in [1.82, 2.24) is 9.97 Å². The highest BCUT2D eigenvalue weighted by Crippen LogP contribution is 2.51. The molecule has 3 heterocycles. The average Bonchev–Trinajstić information content (AvgIpc) is 3.37. The lowest BCUT2D eigenvalue weighted by Crippen LogP contribution is -2.60. The van der Waals surface area contributed by atoms with E-state index in [2.05, 4.69) is 15.1 Å². The zero-order valence-electron chi connectivity index (χ0n) is 16.7. The van der Waals surface area contributed by atoms with Gasteiger partial charge in [-0.15, -0.1) is 23.7 Å². The first-order valence-corrected chi connectivity index (χ1v) is 10.4. The number of anilines is 1. The van der Waals surface area contributed by atoms with Crippen molar-refractivity contribution in [3.05, 3.63) is 59.1 Å². The minimum atomic E-state index is -4.94. The van der Waals surface area contributed by atoms with Gasteiger partial charge < -0.3 is 9.84 Å². The van der Waals surface area contributed by atoms with Gasteiger partial charge in [0.15, 0.2) is 0 Å². The van der Waals surface area contributed by atoms with E-state index in [9.17, 15) is 18.3 Å². The first-order valence-electron chi connectivity index (χ1n) is 9.55. The Labute approximate surface area is 191 Å². The molecule has 1 aliphatic heterocycles. The molecule has 0 radical (unpaired) electrons. The van der Waals surface area contributed by atoms with Gasteiger partial charge in [0, 0.05) is 17.1 Å². The molecule has 2 atom stereocenters. The molecule has 32 heavy (non-hydrogen) atoms. The quantitative estimate of drug-likeness (QED) is 0.587. The van der Waals surface area contributed by atoms with Crippen LogP contribution < -0.4 is 9.75 Å². The lowest BCUT2D eigenvalue weighted by molar-refractivity contribution is -0.268. The van der Waals surface area contributed by atoms with Crippen molar-refractivity contribution in [2.45, 2.75) is 24.7 Å². The highest BCUT2D eigenvalue weighted by Gasteiger charge is 2.68. The maximum atomic E-state index is 14.3. The number of fused-ring (bicyclic) bond motifs is 3. The van der Waals surface area contributed by atoms with Crippen LogP contribution in [0.25, 0.3) is 11.4 Å². The van der Waals surface area contributed by atoms with E-state index in [4.69, 9.17) is 4.74 Å². The van der Waals surface area contributed by atoms with Gasteiger partial charge in [0.1, 0.15) is 11.4 Å². The molecule has 2 aliphatic rings. The third kappa shape index (κ3) is 3.33. The van der Waals surface area contributed by atoms with E-state index < -0.39 is 17.8 Å². The number of nitrogens with zero attached hydrogens (tertiary/aromatic N) is 4. The van der Waals surface area contributed by atoms with Crippen LogP contribution in [0, 0.1) is 5.92 Å². The Morgan fingerprint density at radius 3 is 2.72 bits per heavy atom. The highest BCUT2D eigenvalue weighted by atomic mass is 35.5. The Morgan fingerprint density at radius 1 is 1.22 bits per heavy atom. The van der Waals surface area contributed by atoms with Gasteiger partial charge in [-0.3, -0.25) is 4.98 Å². The van der Waals surface area contributed by atoms with E-state index in [0.29, 0.717) is 34.1 Å². The smallest absolute Gasteiger partial charge is 0.439 e. The monoisotopic (exact) mass is 482 g/mol. The molecule has 11 heteroatoms. The number of aromatic nitrogens is 2. The average molecular weight is 483 g/mol. The summed E-state index contributed by atoms with van der Waals surface area (Å²) < 4.78 is 48.0. The number of benzene rings is 1. The molecule has 1 N–H and O–H groups in total. The van der Waals surface area contributed by atoms with Crippen LogP contribution in [-0.4, -0.2) is 39.8 Å². The molecule has 6 nitrogen and oxygen atoms in total. The van der Waals surface area contributed by atoms with Crippen LogP contribution >= 0.6 is 23.7 Å². The molecular weight excluding hydrogens is 465 g/mol. The number of aryl methyl sites for hydroxylation is 1. The summed E-state index contributed by atoms with van der Waals surface area (Å²) in [6.07, 6.45) is -2.89.